The van der Waals surface area contributed by atoms with Crippen molar-refractivity contribution in [3.8, 4) is 0 Å². The molecule has 0 saturated carbocycles. The number of aliphatic hydroxyl groups excluding tert-OH is 1. The number of ether oxygens (including phenoxy) is 4. The zero-order chi connectivity index (χ0) is 78.6. The summed E-state index contributed by atoms with van der Waals surface area (Å²) in [7, 11) is -9.93. The summed E-state index contributed by atoms with van der Waals surface area (Å²) in [5.41, 5.74) is 0. The summed E-state index contributed by atoms with van der Waals surface area (Å²) in [6.45, 7) is 12.0. The van der Waals surface area contributed by atoms with Gasteiger partial charge in [-0.05, 0) is 43.4 Å². The Kier molecular flexibility index (Phi) is 76.6. The number of esters is 4. The van der Waals surface area contributed by atoms with Crippen LogP contribution in [-0.4, -0.2) is 96.7 Å². The number of unbranched alkanes of at least 4 members (excludes halogenated alkanes) is 54. The zero-order valence-corrected chi connectivity index (χ0v) is 72.4. The van der Waals surface area contributed by atoms with Gasteiger partial charge in [-0.2, -0.15) is 0 Å². The molecule has 0 saturated heterocycles. The number of phosphoric acid groups is 2. The monoisotopic (exact) mass is 1560 g/mol. The van der Waals surface area contributed by atoms with Crippen molar-refractivity contribution in [1.82, 2.24) is 0 Å². The maximum absolute atomic E-state index is 13.2. The van der Waals surface area contributed by atoms with E-state index in [1.165, 1.54) is 276 Å². The zero-order valence-electron chi connectivity index (χ0n) is 70.6. The topological polar surface area (TPSA) is 237 Å². The van der Waals surface area contributed by atoms with Gasteiger partial charge in [0.25, 0.3) is 0 Å². The molecule has 2 unspecified atom stereocenters. The Morgan fingerprint density at radius 3 is 0.636 bits per heavy atom. The standard InChI is InChI=1S/C88H172O17P2/c1-8-9-10-11-12-13-14-15-16-17-18-19-20-21-24-31-36-41-50-57-64-71-87(92)104-83(75-98-85(90)69-62-55-48-40-35-30-25-22-23-28-33-38-45-52-59-66-79(2)3)77-102-106(94,95)100-73-82(89)74-101-107(96,97)103-78-84(76-99-86(91)70-63-56-49-44-43-47-54-61-68-81(6)7)105-88(93)72-65-58-51-42-37-32-27-26-29-34-39-46-53-60-67-80(4)5/h79-84,89H,8-78H2,1-7H3,(H,94,95)(H,96,97)/t82-,83-,84-/m1/s1. The van der Waals surface area contributed by atoms with Crippen LogP contribution in [0, 0.1) is 17.8 Å². The first kappa shape index (κ1) is 105. The SMILES string of the molecule is CCCCCCCCCCCCCCCCCCCCCCCC(=O)O[C@H](COC(=O)CCCCCCCCCCCCCCCCCC(C)C)COP(=O)(O)OC[C@@H](O)COP(=O)(O)OC[C@@H](COC(=O)CCCCCCCCCCC(C)C)OC(=O)CCCCCCCCCCCCCCCCC(C)C. The van der Waals surface area contributed by atoms with Gasteiger partial charge in [-0.25, -0.2) is 9.13 Å². The van der Waals surface area contributed by atoms with E-state index in [-0.39, 0.29) is 25.7 Å². The minimum atomic E-state index is -4.97. The molecule has 5 atom stereocenters. The van der Waals surface area contributed by atoms with Crippen LogP contribution in [0.2, 0.25) is 0 Å². The lowest BCUT2D eigenvalue weighted by Gasteiger charge is -2.21. The number of carbonyl (C=O) groups is 4. The van der Waals surface area contributed by atoms with E-state index in [4.69, 9.17) is 37.0 Å². The molecule has 19 heteroatoms. The highest BCUT2D eigenvalue weighted by atomic mass is 31.2. The minimum Gasteiger partial charge on any atom is -0.462 e. The first-order valence-electron chi connectivity index (χ1n) is 45.3. The molecule has 0 aliphatic heterocycles. The van der Waals surface area contributed by atoms with Gasteiger partial charge in [-0.15, -0.1) is 0 Å². The van der Waals surface area contributed by atoms with Crippen molar-refractivity contribution in [1.29, 1.82) is 0 Å². The lowest BCUT2D eigenvalue weighted by Crippen LogP contribution is -2.30. The van der Waals surface area contributed by atoms with Gasteiger partial charge >= 0.3 is 39.5 Å². The highest BCUT2D eigenvalue weighted by Gasteiger charge is 2.31. The summed E-state index contributed by atoms with van der Waals surface area (Å²) < 4.78 is 69.0. The van der Waals surface area contributed by atoms with E-state index in [0.29, 0.717) is 25.7 Å². The summed E-state index contributed by atoms with van der Waals surface area (Å²) in [6, 6.07) is 0. The van der Waals surface area contributed by atoms with E-state index < -0.39 is 97.5 Å². The Morgan fingerprint density at radius 1 is 0.252 bits per heavy atom. The molecule has 0 aliphatic carbocycles. The Bertz CT molecular complexity index is 2060. The Hall–Kier alpha value is -1.94. The summed E-state index contributed by atoms with van der Waals surface area (Å²) in [5.74, 6) is 0.225. The van der Waals surface area contributed by atoms with Crippen LogP contribution in [0.4, 0.5) is 0 Å². The van der Waals surface area contributed by atoms with Crippen molar-refractivity contribution in [2.24, 2.45) is 17.8 Å². The van der Waals surface area contributed by atoms with E-state index in [9.17, 15) is 43.2 Å². The average molecular weight is 1560 g/mol. The number of carbonyl (C=O) groups excluding carboxylic acids is 4. The third-order valence-corrected chi connectivity index (χ3v) is 22.5. The molecule has 0 heterocycles. The minimum absolute atomic E-state index is 0.107. The molecule has 0 radical (unpaired) electrons. The number of hydrogen-bond acceptors (Lipinski definition) is 15. The smallest absolute Gasteiger partial charge is 0.462 e. The second kappa shape index (κ2) is 78.0. The molecular formula is C88H172O17P2. The fourth-order valence-electron chi connectivity index (χ4n) is 13.7. The second-order valence-electron chi connectivity index (χ2n) is 33.1. The Labute approximate surface area is 658 Å². The highest BCUT2D eigenvalue weighted by molar-refractivity contribution is 7.47. The van der Waals surface area contributed by atoms with E-state index >= 15 is 0 Å². The molecule has 636 valence electrons. The largest absolute Gasteiger partial charge is 0.472 e. The molecule has 107 heavy (non-hydrogen) atoms. The molecule has 0 spiro atoms. The van der Waals surface area contributed by atoms with Gasteiger partial charge in [0.05, 0.1) is 26.4 Å². The summed E-state index contributed by atoms with van der Waals surface area (Å²) in [6.07, 6.45) is 69.5. The van der Waals surface area contributed by atoms with Crippen LogP contribution in [0.1, 0.15) is 466 Å². The van der Waals surface area contributed by atoms with Crippen LogP contribution >= 0.6 is 15.6 Å². The Balaban J connectivity index is 5.24. The molecule has 0 aromatic carbocycles. The lowest BCUT2D eigenvalue weighted by molar-refractivity contribution is -0.161. The molecule has 0 bridgehead atoms. The molecule has 0 aromatic heterocycles. The molecule has 3 N–H and O–H groups in total. The van der Waals surface area contributed by atoms with E-state index in [0.717, 1.165) is 108 Å². The first-order valence-corrected chi connectivity index (χ1v) is 48.3. The van der Waals surface area contributed by atoms with Crippen LogP contribution < -0.4 is 0 Å². The number of hydrogen-bond donors (Lipinski definition) is 3. The van der Waals surface area contributed by atoms with Gasteiger partial charge in [0, 0.05) is 25.7 Å². The van der Waals surface area contributed by atoms with Crippen LogP contribution in [-0.2, 0) is 65.4 Å². The Morgan fingerprint density at radius 2 is 0.430 bits per heavy atom. The van der Waals surface area contributed by atoms with Crippen LogP contribution in [0.25, 0.3) is 0 Å². The summed E-state index contributed by atoms with van der Waals surface area (Å²) in [4.78, 5) is 73.3. The highest BCUT2D eigenvalue weighted by Crippen LogP contribution is 2.45. The maximum Gasteiger partial charge on any atom is 0.472 e. The van der Waals surface area contributed by atoms with Crippen molar-refractivity contribution in [3.63, 3.8) is 0 Å². The first-order chi connectivity index (χ1) is 51.7. The third kappa shape index (κ3) is 81.9. The van der Waals surface area contributed by atoms with Crippen LogP contribution in [0.15, 0.2) is 0 Å². The molecule has 0 rings (SSSR count). The van der Waals surface area contributed by atoms with Crippen molar-refractivity contribution in [2.75, 3.05) is 39.6 Å². The molecule has 0 amide bonds. The number of aliphatic hydroxyl groups is 1. The third-order valence-electron chi connectivity index (χ3n) is 20.6. The van der Waals surface area contributed by atoms with Gasteiger partial charge in [-0.3, -0.25) is 37.3 Å². The quantitative estimate of drug-likeness (QED) is 0.0222. The fourth-order valence-corrected chi connectivity index (χ4v) is 15.3. The maximum atomic E-state index is 13.2. The van der Waals surface area contributed by atoms with Crippen molar-refractivity contribution in [3.05, 3.63) is 0 Å². The van der Waals surface area contributed by atoms with Crippen molar-refractivity contribution >= 4 is 39.5 Å². The van der Waals surface area contributed by atoms with Crippen LogP contribution in [0.5, 0.6) is 0 Å². The van der Waals surface area contributed by atoms with Crippen molar-refractivity contribution < 1.29 is 80.2 Å². The molecule has 0 aliphatic rings. The molecule has 0 aromatic rings. The van der Waals surface area contributed by atoms with Gasteiger partial charge < -0.3 is 33.8 Å². The van der Waals surface area contributed by atoms with Gasteiger partial charge in [0.15, 0.2) is 12.2 Å². The normalized spacial score (nSPS) is 13.8. The van der Waals surface area contributed by atoms with Gasteiger partial charge in [0.2, 0.25) is 0 Å². The lowest BCUT2D eigenvalue weighted by atomic mass is 10.0. The fraction of sp³-hybridized carbons (Fsp3) is 0.955. The average Bonchev–Trinajstić information content (AvgIpc) is 0.942. The second-order valence-corrected chi connectivity index (χ2v) is 36.0. The summed E-state index contributed by atoms with van der Waals surface area (Å²) >= 11 is 0. The molecular weight excluding hydrogens is 1390 g/mol. The number of phosphoric ester groups is 2. The van der Waals surface area contributed by atoms with E-state index in [1.807, 2.05) is 0 Å². The van der Waals surface area contributed by atoms with E-state index in [1.54, 1.807) is 0 Å². The van der Waals surface area contributed by atoms with E-state index in [2.05, 4.69) is 48.5 Å². The number of rotatable bonds is 86. The summed E-state index contributed by atoms with van der Waals surface area (Å²) in [5, 5.41) is 10.7. The molecule has 17 nitrogen and oxygen atoms in total. The predicted molar refractivity (Wildman–Crippen MR) is 441 cm³/mol. The van der Waals surface area contributed by atoms with Gasteiger partial charge in [0.1, 0.15) is 19.3 Å². The predicted octanol–water partition coefficient (Wildman–Crippen LogP) is 26.9. The molecule has 0 fully saturated rings. The van der Waals surface area contributed by atoms with Crippen molar-refractivity contribution in [2.45, 2.75) is 484 Å². The van der Waals surface area contributed by atoms with Crippen LogP contribution in [0.3, 0.4) is 0 Å². The van der Waals surface area contributed by atoms with Gasteiger partial charge in [-0.1, -0.05) is 414 Å².